The third-order valence-electron chi connectivity index (χ3n) is 2.96. The summed E-state index contributed by atoms with van der Waals surface area (Å²) in [5, 5.41) is 16.1. The second-order valence-corrected chi connectivity index (χ2v) is 5.97. The van der Waals surface area contributed by atoms with Crippen LogP contribution in [0.3, 0.4) is 0 Å². The highest BCUT2D eigenvalue weighted by molar-refractivity contribution is 5.88. The number of nitrogens with one attached hydrogen (secondary N) is 1. The molecule has 0 bridgehead atoms. The smallest absolute Gasteiger partial charge is 0.335 e. The fourth-order valence-corrected chi connectivity index (χ4v) is 1.81. The Kier molecular flexibility index (Phi) is 3.97. The van der Waals surface area contributed by atoms with Crippen LogP contribution in [0, 0.1) is 6.92 Å². The van der Waals surface area contributed by atoms with Gasteiger partial charge < -0.3 is 14.9 Å². The number of anilines is 1. The number of carboxylic acids is 1. The van der Waals surface area contributed by atoms with Gasteiger partial charge in [-0.1, -0.05) is 25.9 Å². The number of hydrogen-bond acceptors (Lipinski definition) is 5. The summed E-state index contributed by atoms with van der Waals surface area (Å²) >= 11 is 0. The maximum atomic E-state index is 11.2. The van der Waals surface area contributed by atoms with Crippen molar-refractivity contribution in [3.05, 3.63) is 40.9 Å². The Bertz CT molecular complexity index is 656. The normalized spacial score (nSPS) is 11.4. The van der Waals surface area contributed by atoms with Gasteiger partial charge >= 0.3 is 5.97 Å². The molecule has 0 fully saturated rings. The van der Waals surface area contributed by atoms with Gasteiger partial charge in [-0.25, -0.2) is 9.78 Å². The molecule has 0 atom stereocenters. The Balaban J connectivity index is 2.25. The van der Waals surface area contributed by atoms with Gasteiger partial charge in [-0.15, -0.1) is 0 Å². The number of aromatic nitrogens is 2. The summed E-state index contributed by atoms with van der Waals surface area (Å²) in [7, 11) is 0. The van der Waals surface area contributed by atoms with E-state index in [1.165, 1.54) is 6.07 Å². The summed E-state index contributed by atoms with van der Waals surface area (Å²) in [6.45, 7) is 8.22. The number of carbonyl (C=O) groups is 1. The van der Waals surface area contributed by atoms with Crippen molar-refractivity contribution in [3.63, 3.8) is 0 Å². The van der Waals surface area contributed by atoms with Crippen LogP contribution >= 0.6 is 0 Å². The molecule has 2 rings (SSSR count). The van der Waals surface area contributed by atoms with E-state index in [4.69, 9.17) is 4.52 Å². The summed E-state index contributed by atoms with van der Waals surface area (Å²) < 4.78 is 5.10. The molecule has 0 amide bonds. The molecule has 0 spiro atoms. The van der Waals surface area contributed by atoms with Gasteiger partial charge in [0.15, 0.2) is 5.76 Å². The number of aromatic carboxylic acids is 1. The van der Waals surface area contributed by atoms with Gasteiger partial charge in [-0.3, -0.25) is 0 Å². The van der Waals surface area contributed by atoms with E-state index in [1.54, 1.807) is 6.07 Å². The number of carboxylic acid groups (broad SMARTS) is 1. The first-order valence-corrected chi connectivity index (χ1v) is 6.67. The molecule has 0 unspecified atom stereocenters. The number of hydrogen-bond donors (Lipinski definition) is 2. The number of pyridine rings is 1. The highest BCUT2D eigenvalue weighted by atomic mass is 16.5. The van der Waals surface area contributed by atoms with Gasteiger partial charge in [0.05, 0.1) is 17.8 Å². The fraction of sp³-hybridized carbons (Fsp3) is 0.400. The quantitative estimate of drug-likeness (QED) is 0.899. The second kappa shape index (κ2) is 5.55. The molecule has 0 aliphatic rings. The number of nitrogens with zero attached hydrogens (tertiary/aromatic N) is 2. The maximum Gasteiger partial charge on any atom is 0.335 e. The van der Waals surface area contributed by atoms with Crippen molar-refractivity contribution in [3.8, 4) is 0 Å². The monoisotopic (exact) mass is 289 g/mol. The lowest BCUT2D eigenvalue weighted by molar-refractivity contribution is 0.0696. The molecule has 0 saturated heterocycles. The van der Waals surface area contributed by atoms with E-state index in [9.17, 15) is 9.90 Å². The van der Waals surface area contributed by atoms with E-state index in [1.807, 2.05) is 33.8 Å². The minimum Gasteiger partial charge on any atom is -0.478 e. The third-order valence-corrected chi connectivity index (χ3v) is 2.96. The SMILES string of the molecule is Cc1cc(CNc2cc(C(=O)O)cc(C(C)(C)C)n2)on1. The highest BCUT2D eigenvalue weighted by Gasteiger charge is 2.19. The summed E-state index contributed by atoms with van der Waals surface area (Å²) in [5.74, 6) is 0.211. The van der Waals surface area contributed by atoms with Gasteiger partial charge in [0.25, 0.3) is 0 Å². The Morgan fingerprint density at radius 3 is 2.57 bits per heavy atom. The minimum absolute atomic E-state index is 0.214. The Hall–Kier alpha value is -2.37. The molecule has 21 heavy (non-hydrogen) atoms. The van der Waals surface area contributed by atoms with Crippen LogP contribution in [0.5, 0.6) is 0 Å². The van der Waals surface area contributed by atoms with E-state index in [2.05, 4.69) is 15.5 Å². The topological polar surface area (TPSA) is 88.2 Å². The Morgan fingerprint density at radius 2 is 2.05 bits per heavy atom. The maximum absolute atomic E-state index is 11.2. The zero-order valence-electron chi connectivity index (χ0n) is 12.6. The molecule has 0 aromatic carbocycles. The molecular weight excluding hydrogens is 270 g/mol. The van der Waals surface area contributed by atoms with Gasteiger partial charge in [-0.2, -0.15) is 0 Å². The predicted molar refractivity (Wildman–Crippen MR) is 78.5 cm³/mol. The summed E-state index contributed by atoms with van der Waals surface area (Å²) in [4.78, 5) is 15.7. The van der Waals surface area contributed by atoms with Gasteiger partial charge in [0.2, 0.25) is 0 Å². The van der Waals surface area contributed by atoms with Crippen molar-refractivity contribution < 1.29 is 14.4 Å². The number of rotatable bonds is 4. The van der Waals surface area contributed by atoms with Crippen LogP contribution in [-0.2, 0) is 12.0 Å². The van der Waals surface area contributed by atoms with Crippen LogP contribution in [0.4, 0.5) is 5.82 Å². The third kappa shape index (κ3) is 3.81. The largest absolute Gasteiger partial charge is 0.478 e. The van der Waals surface area contributed by atoms with Crippen LogP contribution in [0.2, 0.25) is 0 Å². The fourth-order valence-electron chi connectivity index (χ4n) is 1.81. The Labute approximate surface area is 123 Å². The van der Waals surface area contributed by atoms with Crippen LogP contribution < -0.4 is 5.32 Å². The van der Waals surface area contributed by atoms with Crippen molar-refractivity contribution in [2.45, 2.75) is 39.7 Å². The molecule has 0 aliphatic carbocycles. The molecule has 6 heteroatoms. The lowest BCUT2D eigenvalue weighted by Crippen LogP contribution is -2.16. The van der Waals surface area contributed by atoms with Gasteiger partial charge in [0.1, 0.15) is 5.82 Å². The molecule has 2 N–H and O–H groups in total. The molecule has 0 saturated carbocycles. The lowest BCUT2D eigenvalue weighted by Gasteiger charge is -2.19. The van der Waals surface area contributed by atoms with Crippen molar-refractivity contribution in [2.24, 2.45) is 0 Å². The molecule has 6 nitrogen and oxygen atoms in total. The van der Waals surface area contributed by atoms with Crippen molar-refractivity contribution in [1.82, 2.24) is 10.1 Å². The van der Waals surface area contributed by atoms with Crippen molar-refractivity contribution >= 4 is 11.8 Å². The Morgan fingerprint density at radius 1 is 1.33 bits per heavy atom. The standard InChI is InChI=1S/C15H19N3O3/c1-9-5-11(21-18-9)8-16-13-7-10(14(19)20)6-12(17-13)15(2,3)4/h5-7H,8H2,1-4H3,(H,16,17)(H,19,20). The first kappa shape index (κ1) is 15.0. The highest BCUT2D eigenvalue weighted by Crippen LogP contribution is 2.23. The molecular formula is C15H19N3O3. The van der Waals surface area contributed by atoms with Gasteiger partial charge in [0, 0.05) is 17.2 Å². The second-order valence-electron chi connectivity index (χ2n) is 5.97. The average Bonchev–Trinajstić information content (AvgIpc) is 2.81. The molecule has 0 radical (unpaired) electrons. The summed E-state index contributed by atoms with van der Waals surface area (Å²) in [6.07, 6.45) is 0. The van der Waals surface area contributed by atoms with E-state index in [0.717, 1.165) is 11.4 Å². The lowest BCUT2D eigenvalue weighted by atomic mass is 9.91. The van der Waals surface area contributed by atoms with Crippen LogP contribution in [0.25, 0.3) is 0 Å². The van der Waals surface area contributed by atoms with Crippen LogP contribution in [0.1, 0.15) is 48.3 Å². The van der Waals surface area contributed by atoms with Crippen molar-refractivity contribution in [2.75, 3.05) is 5.32 Å². The zero-order chi connectivity index (χ0) is 15.6. The first-order valence-electron chi connectivity index (χ1n) is 6.67. The zero-order valence-corrected chi connectivity index (χ0v) is 12.6. The van der Waals surface area contributed by atoms with E-state index in [0.29, 0.717) is 18.1 Å². The molecule has 112 valence electrons. The first-order chi connectivity index (χ1) is 9.75. The molecule has 2 aromatic heterocycles. The van der Waals surface area contributed by atoms with E-state index < -0.39 is 5.97 Å². The van der Waals surface area contributed by atoms with Crippen molar-refractivity contribution in [1.29, 1.82) is 0 Å². The van der Waals surface area contributed by atoms with E-state index >= 15 is 0 Å². The van der Waals surface area contributed by atoms with E-state index in [-0.39, 0.29) is 11.0 Å². The average molecular weight is 289 g/mol. The van der Waals surface area contributed by atoms with Gasteiger partial charge in [-0.05, 0) is 19.1 Å². The predicted octanol–water partition coefficient (Wildman–Crippen LogP) is 2.99. The molecule has 2 heterocycles. The summed E-state index contributed by atoms with van der Waals surface area (Å²) in [5.41, 5.74) is 1.50. The molecule has 2 aromatic rings. The van der Waals surface area contributed by atoms with Crippen LogP contribution in [0.15, 0.2) is 22.7 Å². The number of aryl methyl sites for hydroxylation is 1. The minimum atomic E-state index is -0.971. The summed E-state index contributed by atoms with van der Waals surface area (Å²) in [6, 6.07) is 4.94. The van der Waals surface area contributed by atoms with Crippen LogP contribution in [-0.4, -0.2) is 21.2 Å². The molecule has 0 aliphatic heterocycles.